The number of rotatable bonds is 4. The van der Waals surface area contributed by atoms with E-state index in [1.54, 1.807) is 0 Å². The first kappa shape index (κ1) is 8.92. The van der Waals surface area contributed by atoms with Crippen LogP contribution in [0.15, 0.2) is 12.2 Å². The highest BCUT2D eigenvalue weighted by Gasteiger charge is 1.94. The Morgan fingerprint density at radius 3 is 2.67 bits per heavy atom. The Morgan fingerprint density at radius 2 is 2.22 bits per heavy atom. The van der Waals surface area contributed by atoms with Crippen molar-refractivity contribution >= 4 is 9.04 Å². The number of allylic oxidation sites excluding steroid dienone is 2. The second-order valence-electron chi connectivity index (χ2n) is 2.35. The van der Waals surface area contributed by atoms with E-state index in [1.165, 1.54) is 0 Å². The van der Waals surface area contributed by atoms with E-state index in [2.05, 4.69) is 12.2 Å². The van der Waals surface area contributed by atoms with E-state index in [0.29, 0.717) is 0 Å². The van der Waals surface area contributed by atoms with Crippen LogP contribution in [0, 0.1) is 0 Å². The predicted molar refractivity (Wildman–Crippen MR) is 44.1 cm³/mol. The SMILES string of the molecule is C/C=C/CCC[SiH](C)O. The molecule has 0 radical (unpaired) electrons. The van der Waals surface area contributed by atoms with Gasteiger partial charge in [0, 0.05) is 0 Å². The summed E-state index contributed by atoms with van der Waals surface area (Å²) in [6, 6.07) is 1.06. The van der Waals surface area contributed by atoms with Crippen molar-refractivity contribution in [2.75, 3.05) is 0 Å². The molecule has 0 aromatic heterocycles. The van der Waals surface area contributed by atoms with E-state index in [1.807, 2.05) is 13.5 Å². The van der Waals surface area contributed by atoms with Gasteiger partial charge in [-0.05, 0) is 25.9 Å². The number of hydrogen-bond donors (Lipinski definition) is 1. The van der Waals surface area contributed by atoms with Crippen molar-refractivity contribution in [2.45, 2.75) is 32.4 Å². The lowest BCUT2D eigenvalue weighted by atomic mass is 10.3. The van der Waals surface area contributed by atoms with Crippen LogP contribution >= 0.6 is 0 Å². The molecule has 0 amide bonds. The zero-order chi connectivity index (χ0) is 7.11. The summed E-state index contributed by atoms with van der Waals surface area (Å²) in [6.07, 6.45) is 6.50. The van der Waals surface area contributed by atoms with Crippen molar-refractivity contribution in [3.05, 3.63) is 12.2 Å². The Kier molecular flexibility index (Phi) is 5.99. The van der Waals surface area contributed by atoms with Gasteiger partial charge in [0.2, 0.25) is 0 Å². The summed E-state index contributed by atoms with van der Waals surface area (Å²) in [5, 5.41) is 0. The highest BCUT2D eigenvalue weighted by atomic mass is 28.3. The molecule has 2 heteroatoms. The summed E-state index contributed by atoms with van der Waals surface area (Å²) in [5.74, 6) is 0. The number of hydrogen-bond acceptors (Lipinski definition) is 1. The van der Waals surface area contributed by atoms with Crippen LogP contribution in [-0.4, -0.2) is 13.8 Å². The Balaban J connectivity index is 2.91. The lowest BCUT2D eigenvalue weighted by Crippen LogP contribution is -2.03. The van der Waals surface area contributed by atoms with Crippen molar-refractivity contribution < 1.29 is 4.80 Å². The molecule has 54 valence electrons. The van der Waals surface area contributed by atoms with E-state index < -0.39 is 9.04 Å². The predicted octanol–water partition coefficient (Wildman–Crippen LogP) is 1.69. The molecule has 0 aliphatic rings. The molecule has 1 N–H and O–H groups in total. The highest BCUT2D eigenvalue weighted by molar-refractivity contribution is 6.48. The Hall–Kier alpha value is -0.0831. The minimum absolute atomic E-state index is 1.06. The van der Waals surface area contributed by atoms with Crippen LogP contribution in [0.3, 0.4) is 0 Å². The molecule has 0 saturated carbocycles. The summed E-state index contributed by atoms with van der Waals surface area (Å²) in [6.45, 7) is 4.00. The molecule has 0 rings (SSSR count). The smallest absolute Gasteiger partial charge is 0.169 e. The van der Waals surface area contributed by atoms with Crippen LogP contribution in [0.5, 0.6) is 0 Å². The first-order valence-electron chi connectivity index (χ1n) is 3.56. The van der Waals surface area contributed by atoms with Crippen LogP contribution in [0.1, 0.15) is 19.8 Å². The zero-order valence-corrected chi connectivity index (χ0v) is 7.46. The van der Waals surface area contributed by atoms with Gasteiger partial charge in [-0.3, -0.25) is 0 Å². The normalized spacial score (nSPS) is 14.6. The summed E-state index contributed by atoms with van der Waals surface area (Å²) >= 11 is 0. The summed E-state index contributed by atoms with van der Waals surface area (Å²) in [5.41, 5.74) is 0. The molecule has 0 aromatic rings. The third kappa shape index (κ3) is 7.92. The number of unbranched alkanes of at least 4 members (excludes halogenated alkanes) is 1. The fourth-order valence-electron chi connectivity index (χ4n) is 0.698. The molecule has 0 fully saturated rings. The van der Waals surface area contributed by atoms with Crippen LogP contribution in [-0.2, 0) is 0 Å². The topological polar surface area (TPSA) is 20.2 Å². The first-order valence-corrected chi connectivity index (χ1v) is 6.05. The van der Waals surface area contributed by atoms with E-state index in [4.69, 9.17) is 4.80 Å². The van der Waals surface area contributed by atoms with Gasteiger partial charge in [-0.15, -0.1) is 0 Å². The van der Waals surface area contributed by atoms with Crippen LogP contribution in [0.25, 0.3) is 0 Å². The van der Waals surface area contributed by atoms with Gasteiger partial charge in [-0.25, -0.2) is 0 Å². The molecule has 0 spiro atoms. The molecule has 0 aromatic carbocycles. The maximum atomic E-state index is 8.97. The molecule has 1 atom stereocenters. The van der Waals surface area contributed by atoms with Gasteiger partial charge in [0.25, 0.3) is 0 Å². The largest absolute Gasteiger partial charge is 0.435 e. The molecule has 1 unspecified atom stereocenters. The summed E-state index contributed by atoms with van der Waals surface area (Å²) in [4.78, 5) is 8.97. The second kappa shape index (κ2) is 6.04. The van der Waals surface area contributed by atoms with E-state index in [9.17, 15) is 0 Å². The molecule has 0 heterocycles. The highest BCUT2D eigenvalue weighted by Crippen LogP contribution is 1.99. The molecule has 0 aliphatic carbocycles. The Labute approximate surface area is 59.1 Å². The molecule has 9 heavy (non-hydrogen) atoms. The van der Waals surface area contributed by atoms with Gasteiger partial charge in [0.15, 0.2) is 9.04 Å². The van der Waals surface area contributed by atoms with Gasteiger partial charge >= 0.3 is 0 Å². The first-order chi connectivity index (χ1) is 4.27. The van der Waals surface area contributed by atoms with E-state index >= 15 is 0 Å². The van der Waals surface area contributed by atoms with Crippen molar-refractivity contribution in [1.29, 1.82) is 0 Å². The van der Waals surface area contributed by atoms with Gasteiger partial charge in [-0.1, -0.05) is 18.6 Å². The van der Waals surface area contributed by atoms with Crippen molar-refractivity contribution in [3.63, 3.8) is 0 Å². The van der Waals surface area contributed by atoms with Gasteiger partial charge in [0.1, 0.15) is 0 Å². The van der Waals surface area contributed by atoms with Gasteiger partial charge < -0.3 is 4.80 Å². The molecule has 0 aliphatic heterocycles. The monoisotopic (exact) mass is 144 g/mol. The van der Waals surface area contributed by atoms with Crippen molar-refractivity contribution in [1.82, 2.24) is 0 Å². The third-order valence-corrected chi connectivity index (χ3v) is 2.47. The zero-order valence-electron chi connectivity index (χ0n) is 6.30. The average molecular weight is 144 g/mol. The van der Waals surface area contributed by atoms with Gasteiger partial charge in [0.05, 0.1) is 0 Å². The summed E-state index contributed by atoms with van der Waals surface area (Å²) in [7, 11) is -1.25. The van der Waals surface area contributed by atoms with Crippen LogP contribution < -0.4 is 0 Å². The van der Waals surface area contributed by atoms with Gasteiger partial charge in [-0.2, -0.15) is 0 Å². The van der Waals surface area contributed by atoms with E-state index in [-0.39, 0.29) is 0 Å². The molecule has 0 saturated heterocycles. The summed E-state index contributed by atoms with van der Waals surface area (Å²) < 4.78 is 0. The molecule has 0 bridgehead atoms. The van der Waals surface area contributed by atoms with Crippen LogP contribution in [0.2, 0.25) is 12.6 Å². The maximum Gasteiger partial charge on any atom is 0.169 e. The lowest BCUT2D eigenvalue weighted by Gasteiger charge is -1.96. The average Bonchev–Trinajstić information content (AvgIpc) is 1.80. The third-order valence-electron chi connectivity index (χ3n) is 1.23. The van der Waals surface area contributed by atoms with Crippen molar-refractivity contribution in [3.8, 4) is 0 Å². The fraction of sp³-hybridized carbons (Fsp3) is 0.714. The van der Waals surface area contributed by atoms with Crippen molar-refractivity contribution in [2.24, 2.45) is 0 Å². The second-order valence-corrected chi connectivity index (χ2v) is 4.62. The Bertz CT molecular complexity index is 79.0. The minimum Gasteiger partial charge on any atom is -0.435 e. The quantitative estimate of drug-likeness (QED) is 0.362. The molecular weight excluding hydrogens is 128 g/mol. The fourth-order valence-corrected chi connectivity index (χ4v) is 1.52. The Morgan fingerprint density at radius 1 is 1.56 bits per heavy atom. The minimum atomic E-state index is -1.25. The standard InChI is InChI=1S/C7H16OSi/c1-3-4-5-6-7-9(2)8/h3-4,8-9H,5-7H2,1-2H3/b4-3+. The maximum absolute atomic E-state index is 8.97. The molecule has 1 nitrogen and oxygen atoms in total. The van der Waals surface area contributed by atoms with E-state index in [0.717, 1.165) is 18.9 Å². The van der Waals surface area contributed by atoms with Crippen LogP contribution in [0.4, 0.5) is 0 Å². The lowest BCUT2D eigenvalue weighted by molar-refractivity contribution is 0.572. The molecular formula is C7H16OSi.